The molecule has 1 aliphatic rings. The number of hydrogen-bond acceptors (Lipinski definition) is 1. The average molecular weight is 168 g/mol. The Morgan fingerprint density at radius 1 is 1.42 bits per heavy atom. The molecule has 1 rings (SSSR count). The van der Waals surface area contributed by atoms with Gasteiger partial charge in [0.25, 0.3) is 0 Å². The Morgan fingerprint density at radius 2 is 2.08 bits per heavy atom. The summed E-state index contributed by atoms with van der Waals surface area (Å²) in [6.45, 7) is 1.99. The molecule has 1 radical (unpaired) electrons. The van der Waals surface area contributed by atoms with E-state index in [1.807, 2.05) is 6.92 Å². The summed E-state index contributed by atoms with van der Waals surface area (Å²) in [7, 11) is 0. The molecule has 0 heterocycles. The van der Waals surface area contributed by atoms with Crippen LogP contribution in [-0.2, 0) is 4.79 Å². The van der Waals surface area contributed by atoms with E-state index in [4.69, 9.17) is 0 Å². The van der Waals surface area contributed by atoms with Crippen LogP contribution < -0.4 is 5.32 Å². The molecule has 0 saturated heterocycles. The van der Waals surface area contributed by atoms with E-state index in [0.717, 1.165) is 6.42 Å². The summed E-state index contributed by atoms with van der Waals surface area (Å²) in [4.78, 5) is 11.1. The van der Waals surface area contributed by atoms with Crippen LogP contribution in [0.4, 0.5) is 0 Å². The van der Waals surface area contributed by atoms with E-state index < -0.39 is 0 Å². The standard InChI is InChI=1S/C10H18NO/c1-2-6-10(12)11-9-7-4-3-5-8-9/h6,9H,2-5,7-8H2,1H3,(H,11,12). The molecular weight excluding hydrogens is 150 g/mol. The maximum atomic E-state index is 11.1. The lowest BCUT2D eigenvalue weighted by atomic mass is 9.95. The van der Waals surface area contributed by atoms with Gasteiger partial charge in [-0.05, 0) is 19.3 Å². The molecule has 69 valence electrons. The molecule has 1 N–H and O–H groups in total. The van der Waals surface area contributed by atoms with E-state index in [1.165, 1.54) is 32.1 Å². The van der Waals surface area contributed by atoms with Gasteiger partial charge >= 0.3 is 0 Å². The summed E-state index contributed by atoms with van der Waals surface area (Å²) < 4.78 is 0. The third kappa shape index (κ3) is 3.24. The highest BCUT2D eigenvalue weighted by atomic mass is 16.1. The van der Waals surface area contributed by atoms with E-state index >= 15 is 0 Å². The molecule has 1 saturated carbocycles. The molecule has 1 fully saturated rings. The second-order valence-corrected chi connectivity index (χ2v) is 3.46. The van der Waals surface area contributed by atoms with Gasteiger partial charge in [-0.2, -0.15) is 0 Å². The first-order chi connectivity index (χ1) is 5.83. The van der Waals surface area contributed by atoms with Crippen molar-refractivity contribution in [3.05, 3.63) is 6.42 Å². The lowest BCUT2D eigenvalue weighted by molar-refractivity contribution is -0.118. The maximum absolute atomic E-state index is 11.1. The molecule has 0 bridgehead atoms. The number of amides is 1. The Labute approximate surface area is 74.7 Å². The number of nitrogens with one attached hydrogen (secondary N) is 1. The van der Waals surface area contributed by atoms with Gasteiger partial charge in [-0.15, -0.1) is 0 Å². The smallest absolute Gasteiger partial charge is 0.224 e. The van der Waals surface area contributed by atoms with Gasteiger partial charge < -0.3 is 5.32 Å². The number of rotatable bonds is 3. The molecular formula is C10H18NO. The molecule has 0 spiro atoms. The van der Waals surface area contributed by atoms with Crippen molar-refractivity contribution in [2.24, 2.45) is 0 Å². The summed E-state index contributed by atoms with van der Waals surface area (Å²) >= 11 is 0. The van der Waals surface area contributed by atoms with Crippen LogP contribution in [0.15, 0.2) is 0 Å². The molecule has 0 unspecified atom stereocenters. The SMILES string of the molecule is CC[CH]C(=O)NC1CCCCC1. The van der Waals surface area contributed by atoms with Gasteiger partial charge in [0.2, 0.25) is 5.91 Å². The van der Waals surface area contributed by atoms with Crippen LogP contribution in [0.3, 0.4) is 0 Å². The zero-order valence-electron chi connectivity index (χ0n) is 7.81. The summed E-state index contributed by atoms with van der Waals surface area (Å²) in [5, 5.41) is 3.03. The molecule has 0 atom stereocenters. The Kier molecular flexibility index (Phi) is 4.12. The van der Waals surface area contributed by atoms with Crippen LogP contribution in [-0.4, -0.2) is 11.9 Å². The van der Waals surface area contributed by atoms with E-state index in [9.17, 15) is 4.79 Å². The van der Waals surface area contributed by atoms with Gasteiger partial charge in [0.15, 0.2) is 0 Å². The van der Waals surface area contributed by atoms with Crippen molar-refractivity contribution in [1.29, 1.82) is 0 Å². The van der Waals surface area contributed by atoms with Crippen molar-refractivity contribution in [1.82, 2.24) is 5.32 Å². The van der Waals surface area contributed by atoms with E-state index in [1.54, 1.807) is 6.42 Å². The normalized spacial score (nSPS) is 19.1. The first-order valence-corrected chi connectivity index (χ1v) is 4.96. The lowest BCUT2D eigenvalue weighted by Crippen LogP contribution is -2.36. The van der Waals surface area contributed by atoms with Gasteiger partial charge in [-0.25, -0.2) is 0 Å². The second kappa shape index (κ2) is 5.18. The van der Waals surface area contributed by atoms with Crippen molar-refractivity contribution in [2.45, 2.75) is 51.5 Å². The number of hydrogen-bond donors (Lipinski definition) is 1. The third-order valence-corrected chi connectivity index (χ3v) is 2.34. The number of carbonyl (C=O) groups is 1. The van der Waals surface area contributed by atoms with Crippen LogP contribution in [0.2, 0.25) is 0 Å². The van der Waals surface area contributed by atoms with E-state index in [-0.39, 0.29) is 5.91 Å². The quantitative estimate of drug-likeness (QED) is 0.686. The zero-order valence-corrected chi connectivity index (χ0v) is 7.81. The fourth-order valence-electron chi connectivity index (χ4n) is 1.69. The minimum Gasteiger partial charge on any atom is -0.353 e. The van der Waals surface area contributed by atoms with Gasteiger partial charge in [-0.1, -0.05) is 26.2 Å². The third-order valence-electron chi connectivity index (χ3n) is 2.34. The van der Waals surface area contributed by atoms with Crippen molar-refractivity contribution in [2.75, 3.05) is 0 Å². The lowest BCUT2D eigenvalue weighted by Gasteiger charge is -2.22. The molecule has 1 amide bonds. The Balaban J connectivity index is 2.15. The van der Waals surface area contributed by atoms with Crippen LogP contribution in [0, 0.1) is 6.42 Å². The van der Waals surface area contributed by atoms with Gasteiger partial charge in [0.05, 0.1) is 0 Å². The highest BCUT2D eigenvalue weighted by Crippen LogP contribution is 2.17. The van der Waals surface area contributed by atoms with Crippen molar-refractivity contribution in [3.8, 4) is 0 Å². The van der Waals surface area contributed by atoms with Gasteiger partial charge in [0, 0.05) is 12.5 Å². The van der Waals surface area contributed by atoms with Gasteiger partial charge in [0.1, 0.15) is 0 Å². The minimum absolute atomic E-state index is 0.115. The monoisotopic (exact) mass is 168 g/mol. The van der Waals surface area contributed by atoms with Crippen LogP contribution >= 0.6 is 0 Å². The average Bonchev–Trinajstić information content (AvgIpc) is 2.06. The van der Waals surface area contributed by atoms with Crippen molar-refractivity contribution >= 4 is 5.91 Å². The van der Waals surface area contributed by atoms with E-state index in [0.29, 0.717) is 6.04 Å². The Hall–Kier alpha value is -0.530. The molecule has 0 aromatic heterocycles. The summed E-state index contributed by atoms with van der Waals surface area (Å²) in [6.07, 6.45) is 8.78. The molecule has 0 aromatic carbocycles. The number of carbonyl (C=O) groups excluding carboxylic acids is 1. The van der Waals surface area contributed by atoms with Crippen LogP contribution in [0.5, 0.6) is 0 Å². The van der Waals surface area contributed by atoms with Gasteiger partial charge in [-0.3, -0.25) is 4.79 Å². The first kappa shape index (κ1) is 9.56. The molecule has 2 heteroatoms. The molecule has 0 aromatic rings. The molecule has 2 nitrogen and oxygen atoms in total. The fourth-order valence-corrected chi connectivity index (χ4v) is 1.69. The Bertz CT molecular complexity index is 139. The summed E-state index contributed by atoms with van der Waals surface area (Å²) in [6, 6.07) is 0.453. The molecule has 1 aliphatic carbocycles. The predicted octanol–water partition coefficient (Wildman–Crippen LogP) is 2.05. The van der Waals surface area contributed by atoms with Crippen LogP contribution in [0.1, 0.15) is 45.4 Å². The molecule has 12 heavy (non-hydrogen) atoms. The topological polar surface area (TPSA) is 29.1 Å². The van der Waals surface area contributed by atoms with Crippen molar-refractivity contribution < 1.29 is 4.79 Å². The second-order valence-electron chi connectivity index (χ2n) is 3.46. The minimum atomic E-state index is 0.115. The fraction of sp³-hybridized carbons (Fsp3) is 0.800. The van der Waals surface area contributed by atoms with Crippen LogP contribution in [0.25, 0.3) is 0 Å². The van der Waals surface area contributed by atoms with E-state index in [2.05, 4.69) is 5.32 Å². The zero-order chi connectivity index (χ0) is 8.81. The summed E-state index contributed by atoms with van der Waals surface area (Å²) in [5.74, 6) is 0.115. The maximum Gasteiger partial charge on any atom is 0.224 e. The largest absolute Gasteiger partial charge is 0.353 e. The first-order valence-electron chi connectivity index (χ1n) is 4.96. The van der Waals surface area contributed by atoms with Crippen molar-refractivity contribution in [3.63, 3.8) is 0 Å². The summed E-state index contributed by atoms with van der Waals surface area (Å²) in [5.41, 5.74) is 0. The molecule has 0 aliphatic heterocycles. The highest BCUT2D eigenvalue weighted by Gasteiger charge is 2.14. The predicted molar refractivity (Wildman–Crippen MR) is 49.6 cm³/mol. The Morgan fingerprint density at radius 3 is 2.67 bits per heavy atom. The highest BCUT2D eigenvalue weighted by molar-refractivity contribution is 5.84.